The molecule has 1 aliphatic rings. The quantitative estimate of drug-likeness (QED) is 0.288. The first-order valence-corrected chi connectivity index (χ1v) is 16.4. The third-order valence-electron chi connectivity index (χ3n) is 7.71. The largest absolute Gasteiger partial charge is 0.352 e. The molecule has 2 amide bonds. The third kappa shape index (κ3) is 8.89. The van der Waals surface area contributed by atoms with Crippen LogP contribution in [0.1, 0.15) is 55.2 Å². The molecular weight excluding hydrogens is 553 g/mol. The summed E-state index contributed by atoms with van der Waals surface area (Å²) in [7, 11) is -3.66. The summed E-state index contributed by atoms with van der Waals surface area (Å²) in [5.41, 5.74) is 3.29. The van der Waals surface area contributed by atoms with Crippen LogP contribution in [0.3, 0.4) is 0 Å². The first-order chi connectivity index (χ1) is 20.1. The Kier molecular flexibility index (Phi) is 10.7. The number of nitrogens with one attached hydrogen (secondary N) is 1. The Hall–Kier alpha value is -3.72. The van der Waals surface area contributed by atoms with Crippen molar-refractivity contribution in [1.82, 2.24) is 10.2 Å². The van der Waals surface area contributed by atoms with Gasteiger partial charge in [-0.25, -0.2) is 12.8 Å². The molecule has 7 nitrogen and oxygen atoms in total. The molecule has 0 bridgehead atoms. The molecule has 3 aromatic carbocycles. The number of halogens is 1. The van der Waals surface area contributed by atoms with Crippen molar-refractivity contribution in [3.8, 4) is 0 Å². The van der Waals surface area contributed by atoms with Gasteiger partial charge in [-0.2, -0.15) is 0 Å². The first-order valence-electron chi connectivity index (χ1n) is 14.5. The van der Waals surface area contributed by atoms with E-state index in [4.69, 9.17) is 0 Å². The maximum atomic E-state index is 13.9. The Morgan fingerprint density at radius 3 is 2.19 bits per heavy atom. The third-order valence-corrected chi connectivity index (χ3v) is 8.91. The zero-order valence-electron chi connectivity index (χ0n) is 24.3. The molecule has 0 saturated heterocycles. The van der Waals surface area contributed by atoms with Gasteiger partial charge in [0.1, 0.15) is 11.9 Å². The van der Waals surface area contributed by atoms with Gasteiger partial charge in [0.2, 0.25) is 21.8 Å². The Labute approximate surface area is 248 Å². The summed E-state index contributed by atoms with van der Waals surface area (Å²) in [6, 6.07) is 22.2. The second-order valence-electron chi connectivity index (χ2n) is 11.1. The van der Waals surface area contributed by atoms with Gasteiger partial charge in [-0.05, 0) is 61.6 Å². The van der Waals surface area contributed by atoms with E-state index in [1.807, 2.05) is 61.5 Å². The van der Waals surface area contributed by atoms with Crippen LogP contribution in [0.25, 0.3) is 0 Å². The molecule has 0 spiro atoms. The molecule has 1 saturated carbocycles. The van der Waals surface area contributed by atoms with Crippen LogP contribution in [0.5, 0.6) is 0 Å². The Morgan fingerprint density at radius 2 is 1.57 bits per heavy atom. The number of anilines is 1. The molecule has 42 heavy (non-hydrogen) atoms. The van der Waals surface area contributed by atoms with E-state index in [0.29, 0.717) is 12.1 Å². The van der Waals surface area contributed by atoms with Crippen molar-refractivity contribution in [1.29, 1.82) is 0 Å². The predicted octanol–water partition coefficient (Wildman–Crippen LogP) is 5.38. The Morgan fingerprint density at radius 1 is 0.929 bits per heavy atom. The Balaban J connectivity index is 1.57. The van der Waals surface area contributed by atoms with E-state index in [1.54, 1.807) is 4.90 Å². The van der Waals surface area contributed by atoms with E-state index in [0.717, 1.165) is 48.6 Å². The Bertz CT molecular complexity index is 1420. The summed E-state index contributed by atoms with van der Waals surface area (Å²) in [5, 5.41) is 3.20. The molecule has 1 aliphatic carbocycles. The van der Waals surface area contributed by atoms with Crippen molar-refractivity contribution in [2.45, 2.75) is 70.5 Å². The number of rotatable bonds is 13. The summed E-state index contributed by atoms with van der Waals surface area (Å²) in [4.78, 5) is 29.4. The zero-order valence-corrected chi connectivity index (χ0v) is 25.2. The van der Waals surface area contributed by atoms with Crippen LogP contribution in [-0.2, 0) is 32.6 Å². The lowest BCUT2D eigenvalue weighted by Gasteiger charge is -2.33. The molecule has 1 fully saturated rings. The van der Waals surface area contributed by atoms with E-state index in [2.05, 4.69) is 5.32 Å². The van der Waals surface area contributed by atoms with E-state index in [1.165, 1.54) is 28.6 Å². The normalized spacial score (nSPS) is 14.4. The van der Waals surface area contributed by atoms with Crippen LogP contribution >= 0.6 is 0 Å². The second-order valence-corrected chi connectivity index (χ2v) is 13.0. The first kappa shape index (κ1) is 31.2. The maximum Gasteiger partial charge on any atom is 0.243 e. The molecule has 1 atom stereocenters. The number of sulfonamides is 1. The lowest BCUT2D eigenvalue weighted by Crippen LogP contribution is -2.52. The standard InChI is InChI=1S/C33H40FN3O4S/c1-25-14-16-27(17-15-25)24-36(31(23-26-9-4-3-5-10-26)33(39)35-29-11-6-7-12-29)32(38)13-8-22-37(42(2,40)41)30-20-18-28(34)19-21-30/h3-5,9-10,14-21,29,31H,6-8,11-13,22-24H2,1-2H3,(H,35,39)/t31-/m1/s1. The number of aryl methyl sites for hydroxylation is 1. The number of nitrogens with zero attached hydrogens (tertiary/aromatic N) is 2. The average molecular weight is 594 g/mol. The van der Waals surface area contributed by atoms with Gasteiger partial charge in [0, 0.05) is 32.0 Å². The summed E-state index contributed by atoms with van der Waals surface area (Å²) in [5.74, 6) is -0.865. The van der Waals surface area contributed by atoms with Crippen LogP contribution < -0.4 is 9.62 Å². The lowest BCUT2D eigenvalue weighted by atomic mass is 10.0. The molecule has 9 heteroatoms. The predicted molar refractivity (Wildman–Crippen MR) is 164 cm³/mol. The van der Waals surface area contributed by atoms with Gasteiger partial charge >= 0.3 is 0 Å². The topological polar surface area (TPSA) is 86.8 Å². The average Bonchev–Trinajstić information content (AvgIpc) is 3.47. The van der Waals surface area contributed by atoms with E-state index >= 15 is 0 Å². The van der Waals surface area contributed by atoms with Gasteiger partial charge in [0.25, 0.3) is 0 Å². The van der Waals surface area contributed by atoms with Gasteiger partial charge in [-0.3, -0.25) is 13.9 Å². The SMILES string of the molecule is Cc1ccc(CN(C(=O)CCCN(c2ccc(F)cc2)S(C)(=O)=O)[C@H](Cc2ccccc2)C(=O)NC2CCCC2)cc1. The number of hydrogen-bond donors (Lipinski definition) is 1. The van der Waals surface area contributed by atoms with Crippen molar-refractivity contribution in [2.75, 3.05) is 17.1 Å². The van der Waals surface area contributed by atoms with Gasteiger partial charge < -0.3 is 10.2 Å². The number of benzene rings is 3. The molecule has 0 aromatic heterocycles. The van der Waals surface area contributed by atoms with Crippen molar-refractivity contribution in [3.63, 3.8) is 0 Å². The van der Waals surface area contributed by atoms with E-state index in [9.17, 15) is 22.4 Å². The molecule has 0 heterocycles. The summed E-state index contributed by atoms with van der Waals surface area (Å²) in [6.07, 6.45) is 5.74. The van der Waals surface area contributed by atoms with Crippen LogP contribution in [0, 0.1) is 12.7 Å². The molecule has 1 N–H and O–H groups in total. The van der Waals surface area contributed by atoms with Crippen LogP contribution in [0.2, 0.25) is 0 Å². The highest BCUT2D eigenvalue weighted by Crippen LogP contribution is 2.22. The molecular formula is C33H40FN3O4S. The lowest BCUT2D eigenvalue weighted by molar-refractivity contribution is -0.141. The number of carbonyl (C=O) groups is 2. The van der Waals surface area contributed by atoms with Gasteiger partial charge in [-0.1, -0.05) is 73.0 Å². The molecule has 0 unspecified atom stereocenters. The maximum absolute atomic E-state index is 13.9. The molecule has 224 valence electrons. The number of hydrogen-bond acceptors (Lipinski definition) is 4. The van der Waals surface area contributed by atoms with Crippen molar-refractivity contribution in [2.24, 2.45) is 0 Å². The number of carbonyl (C=O) groups excluding carboxylic acids is 2. The van der Waals surface area contributed by atoms with Crippen molar-refractivity contribution < 1.29 is 22.4 Å². The molecule has 0 aliphatic heterocycles. The highest BCUT2D eigenvalue weighted by molar-refractivity contribution is 7.92. The minimum Gasteiger partial charge on any atom is -0.352 e. The van der Waals surface area contributed by atoms with Gasteiger partial charge in [0.05, 0.1) is 11.9 Å². The minimum absolute atomic E-state index is 0.0427. The van der Waals surface area contributed by atoms with Gasteiger partial charge in [-0.15, -0.1) is 0 Å². The van der Waals surface area contributed by atoms with Crippen LogP contribution in [0.4, 0.5) is 10.1 Å². The van der Waals surface area contributed by atoms with E-state index in [-0.39, 0.29) is 43.8 Å². The summed E-state index contributed by atoms with van der Waals surface area (Å²) >= 11 is 0. The smallest absolute Gasteiger partial charge is 0.243 e. The summed E-state index contributed by atoms with van der Waals surface area (Å²) < 4.78 is 39.7. The fraction of sp³-hybridized carbons (Fsp3) is 0.394. The zero-order chi connectivity index (χ0) is 30.1. The fourth-order valence-electron chi connectivity index (χ4n) is 5.42. The highest BCUT2D eigenvalue weighted by Gasteiger charge is 2.32. The number of amides is 2. The summed E-state index contributed by atoms with van der Waals surface area (Å²) in [6.45, 7) is 2.29. The minimum atomic E-state index is -3.66. The van der Waals surface area contributed by atoms with Crippen LogP contribution in [-0.4, -0.2) is 50.0 Å². The van der Waals surface area contributed by atoms with Crippen molar-refractivity contribution in [3.05, 3.63) is 101 Å². The van der Waals surface area contributed by atoms with E-state index < -0.39 is 21.9 Å². The van der Waals surface area contributed by atoms with Crippen LogP contribution in [0.15, 0.2) is 78.9 Å². The highest BCUT2D eigenvalue weighted by atomic mass is 32.2. The molecule has 4 rings (SSSR count). The monoisotopic (exact) mass is 593 g/mol. The second kappa shape index (κ2) is 14.4. The van der Waals surface area contributed by atoms with Gasteiger partial charge in [0.15, 0.2) is 0 Å². The fourth-order valence-corrected chi connectivity index (χ4v) is 6.39. The van der Waals surface area contributed by atoms with Crippen molar-refractivity contribution >= 4 is 27.5 Å². The molecule has 0 radical (unpaired) electrons. The molecule has 3 aromatic rings.